The lowest BCUT2D eigenvalue weighted by Gasteiger charge is -2.64. The molecule has 1 saturated heterocycles. The number of nitriles is 1. The third-order valence-corrected chi connectivity index (χ3v) is 8.08. The van der Waals surface area contributed by atoms with E-state index in [1.807, 2.05) is 20.8 Å². The number of rotatable bonds is 9. The van der Waals surface area contributed by atoms with Crippen molar-refractivity contribution in [2.24, 2.45) is 17.6 Å². The van der Waals surface area contributed by atoms with Crippen molar-refractivity contribution >= 4 is 12.0 Å². The molecule has 5 atom stereocenters. The first kappa shape index (κ1) is 26.2. The molecule has 0 aromatic carbocycles. The van der Waals surface area contributed by atoms with E-state index in [2.05, 4.69) is 6.07 Å². The summed E-state index contributed by atoms with van der Waals surface area (Å²) in [5, 5.41) is 9.50. The van der Waals surface area contributed by atoms with Gasteiger partial charge in [-0.1, -0.05) is 0 Å². The molecular formula is C26H42N4O5. The molecule has 2 N–H and O–H groups in total. The molecule has 3 unspecified atom stereocenters. The van der Waals surface area contributed by atoms with Crippen LogP contribution in [0.3, 0.4) is 0 Å². The van der Waals surface area contributed by atoms with Gasteiger partial charge in [-0.05, 0) is 84.0 Å². The number of hydrogen-bond donors (Lipinski definition) is 1. The first-order valence-electron chi connectivity index (χ1n) is 13.2. The minimum Gasteiger partial charge on any atom is -0.444 e. The molecule has 0 aromatic rings. The average Bonchev–Trinajstić information content (AvgIpc) is 3.24. The molecule has 2 amide bonds. The normalized spacial score (nSPS) is 33.6. The topological polar surface area (TPSA) is 118 Å². The summed E-state index contributed by atoms with van der Waals surface area (Å²) in [5.41, 5.74) is 4.08. The molecular weight excluding hydrogens is 448 g/mol. The molecule has 5 fully saturated rings. The summed E-state index contributed by atoms with van der Waals surface area (Å²) in [6.07, 6.45) is 6.62. The highest BCUT2D eigenvalue weighted by atomic mass is 16.6. The Kier molecular flexibility index (Phi) is 7.65. The van der Waals surface area contributed by atoms with Gasteiger partial charge in [0.05, 0.1) is 37.0 Å². The maximum absolute atomic E-state index is 13.6. The van der Waals surface area contributed by atoms with Crippen LogP contribution in [0.4, 0.5) is 4.79 Å². The second kappa shape index (κ2) is 10.2. The zero-order valence-electron chi connectivity index (χ0n) is 21.6. The molecule has 5 aliphatic rings. The summed E-state index contributed by atoms with van der Waals surface area (Å²) in [6.45, 7) is 8.06. The molecule has 4 bridgehead atoms. The standard InChI is InChI=1S/C26H42N4O5/c1-24(2,3)35-23(32)30(17-22(31)29-7-4-5-21(29)16-28)25-12-19-11-20(13-25)15-26(14-19,18-25)34-10-9-33-8-6-27/h19-21H,4-15,17-18,27H2,1-3H3/t19-,20?,21-,25?,26?/m0/s1. The fourth-order valence-corrected chi connectivity index (χ4v) is 7.29. The van der Waals surface area contributed by atoms with E-state index in [4.69, 9.17) is 19.9 Å². The number of carbonyl (C=O) groups excluding carboxylic acids is 2. The van der Waals surface area contributed by atoms with Crippen LogP contribution in [0.1, 0.15) is 72.1 Å². The van der Waals surface area contributed by atoms with Crippen molar-refractivity contribution in [2.75, 3.05) is 39.5 Å². The molecule has 1 heterocycles. The smallest absolute Gasteiger partial charge is 0.411 e. The average molecular weight is 491 g/mol. The van der Waals surface area contributed by atoms with Gasteiger partial charge in [0.1, 0.15) is 18.2 Å². The van der Waals surface area contributed by atoms with Crippen LogP contribution in [0.5, 0.6) is 0 Å². The Balaban J connectivity index is 1.56. The van der Waals surface area contributed by atoms with E-state index in [0.717, 1.165) is 38.5 Å². The molecule has 196 valence electrons. The van der Waals surface area contributed by atoms with Crippen molar-refractivity contribution in [3.05, 3.63) is 0 Å². The second-order valence-electron chi connectivity index (χ2n) is 12.1. The van der Waals surface area contributed by atoms with Gasteiger partial charge < -0.3 is 24.8 Å². The molecule has 9 heteroatoms. The Morgan fingerprint density at radius 1 is 1.14 bits per heavy atom. The van der Waals surface area contributed by atoms with Gasteiger partial charge in [-0.2, -0.15) is 5.26 Å². The lowest BCUT2D eigenvalue weighted by atomic mass is 9.50. The number of carbonyl (C=O) groups is 2. The van der Waals surface area contributed by atoms with Gasteiger partial charge in [0, 0.05) is 13.1 Å². The highest BCUT2D eigenvalue weighted by Gasteiger charge is 2.62. The van der Waals surface area contributed by atoms with E-state index in [1.165, 1.54) is 0 Å². The van der Waals surface area contributed by atoms with Crippen LogP contribution in [0.25, 0.3) is 0 Å². The summed E-state index contributed by atoms with van der Waals surface area (Å²) in [6, 6.07) is 1.83. The largest absolute Gasteiger partial charge is 0.444 e. The van der Waals surface area contributed by atoms with Crippen molar-refractivity contribution < 1.29 is 23.8 Å². The zero-order valence-corrected chi connectivity index (χ0v) is 21.6. The maximum Gasteiger partial charge on any atom is 0.411 e. The summed E-state index contributed by atoms with van der Waals surface area (Å²) in [5.74, 6) is 0.751. The quantitative estimate of drug-likeness (QED) is 0.494. The molecule has 0 radical (unpaired) electrons. The number of nitrogens with two attached hydrogens (primary N) is 1. The number of likely N-dealkylation sites (tertiary alicyclic amines) is 1. The van der Waals surface area contributed by atoms with Gasteiger partial charge in [0.25, 0.3) is 0 Å². The zero-order chi connectivity index (χ0) is 25.3. The molecule has 5 rings (SSSR count). The van der Waals surface area contributed by atoms with Crippen molar-refractivity contribution in [1.29, 1.82) is 5.26 Å². The van der Waals surface area contributed by atoms with Crippen LogP contribution in [0.15, 0.2) is 0 Å². The number of ether oxygens (including phenoxy) is 3. The molecule has 35 heavy (non-hydrogen) atoms. The third kappa shape index (κ3) is 5.76. The van der Waals surface area contributed by atoms with Crippen LogP contribution in [-0.4, -0.2) is 84.0 Å². The summed E-state index contributed by atoms with van der Waals surface area (Å²) >= 11 is 0. The predicted octanol–water partition coefficient (Wildman–Crippen LogP) is 2.82. The second-order valence-corrected chi connectivity index (χ2v) is 12.1. The fourth-order valence-electron chi connectivity index (χ4n) is 7.29. The first-order chi connectivity index (χ1) is 16.6. The maximum atomic E-state index is 13.6. The van der Waals surface area contributed by atoms with Crippen molar-refractivity contribution in [2.45, 2.75) is 94.9 Å². The minimum absolute atomic E-state index is 0.0533. The Hall–Kier alpha value is -1.89. The Labute approximate surface area is 209 Å². The van der Waals surface area contributed by atoms with E-state index < -0.39 is 23.3 Å². The molecule has 1 aliphatic heterocycles. The van der Waals surface area contributed by atoms with Gasteiger partial charge in [-0.25, -0.2) is 4.79 Å². The summed E-state index contributed by atoms with van der Waals surface area (Å²) < 4.78 is 17.9. The number of hydrogen-bond acceptors (Lipinski definition) is 7. The van der Waals surface area contributed by atoms with Crippen molar-refractivity contribution in [1.82, 2.24) is 9.80 Å². The monoisotopic (exact) mass is 490 g/mol. The SMILES string of the molecule is CC(C)(C)OC(=O)N(CC(=O)N1CCC[C@H]1C#N)C12CC3C[C@H](CC(OCCOCCN)(C3)C1)C2. The van der Waals surface area contributed by atoms with Gasteiger partial charge in [0.2, 0.25) is 5.91 Å². The van der Waals surface area contributed by atoms with Crippen LogP contribution in [0.2, 0.25) is 0 Å². The fraction of sp³-hybridized carbons (Fsp3) is 0.885. The van der Waals surface area contributed by atoms with Gasteiger partial charge >= 0.3 is 6.09 Å². The highest BCUT2D eigenvalue weighted by Crippen LogP contribution is 2.61. The highest BCUT2D eigenvalue weighted by molar-refractivity contribution is 5.83. The minimum atomic E-state index is -0.669. The van der Waals surface area contributed by atoms with Crippen molar-refractivity contribution in [3.8, 4) is 6.07 Å². The van der Waals surface area contributed by atoms with Gasteiger partial charge in [-0.3, -0.25) is 9.69 Å². The van der Waals surface area contributed by atoms with Gasteiger partial charge in [0.15, 0.2) is 0 Å². The van der Waals surface area contributed by atoms with E-state index in [-0.39, 0.29) is 18.1 Å². The van der Waals surface area contributed by atoms with Gasteiger partial charge in [-0.15, -0.1) is 0 Å². The van der Waals surface area contributed by atoms with E-state index >= 15 is 0 Å². The lowest BCUT2D eigenvalue weighted by molar-refractivity contribution is -0.202. The molecule has 9 nitrogen and oxygen atoms in total. The molecule has 0 spiro atoms. The summed E-state index contributed by atoms with van der Waals surface area (Å²) in [4.78, 5) is 30.4. The third-order valence-electron chi connectivity index (χ3n) is 8.08. The molecule has 4 aliphatic carbocycles. The number of amides is 2. The van der Waals surface area contributed by atoms with Crippen LogP contribution in [-0.2, 0) is 19.0 Å². The van der Waals surface area contributed by atoms with Crippen molar-refractivity contribution in [3.63, 3.8) is 0 Å². The van der Waals surface area contributed by atoms with E-state index in [9.17, 15) is 14.9 Å². The molecule has 4 saturated carbocycles. The van der Waals surface area contributed by atoms with Crippen LogP contribution in [0, 0.1) is 23.2 Å². The van der Waals surface area contributed by atoms with Crippen LogP contribution < -0.4 is 5.73 Å². The summed E-state index contributed by atoms with van der Waals surface area (Å²) in [7, 11) is 0. The predicted molar refractivity (Wildman–Crippen MR) is 129 cm³/mol. The van der Waals surface area contributed by atoms with Crippen LogP contribution >= 0.6 is 0 Å². The Morgan fingerprint density at radius 3 is 2.49 bits per heavy atom. The first-order valence-corrected chi connectivity index (χ1v) is 13.2. The lowest BCUT2D eigenvalue weighted by Crippen LogP contribution is -2.68. The van der Waals surface area contributed by atoms with E-state index in [1.54, 1.807) is 9.80 Å². The Bertz CT molecular complexity index is 821. The van der Waals surface area contributed by atoms with E-state index in [0.29, 0.717) is 57.6 Å². The number of nitrogens with zero attached hydrogens (tertiary/aromatic N) is 3. The Morgan fingerprint density at radius 2 is 1.86 bits per heavy atom. The molecule has 0 aromatic heterocycles.